The van der Waals surface area contributed by atoms with Crippen molar-refractivity contribution in [1.29, 1.82) is 0 Å². The van der Waals surface area contributed by atoms with Crippen molar-refractivity contribution in [1.82, 2.24) is 59.5 Å². The van der Waals surface area contributed by atoms with Crippen molar-refractivity contribution in [2.45, 2.75) is 77.7 Å². The van der Waals surface area contributed by atoms with E-state index in [9.17, 15) is 24.0 Å². The number of halogens is 2. The van der Waals surface area contributed by atoms with Crippen LogP contribution < -0.4 is 15.4 Å². The van der Waals surface area contributed by atoms with Crippen molar-refractivity contribution in [2.24, 2.45) is 0 Å². The third kappa shape index (κ3) is 14.8. The minimum Gasteiger partial charge on any atom is -0.489 e. The highest BCUT2D eigenvalue weighted by atomic mass is 35.5. The number of imide groups is 1. The molecule has 0 spiro atoms. The van der Waals surface area contributed by atoms with E-state index in [1.807, 2.05) is 13.0 Å². The molecule has 0 radical (unpaired) electrons. The molecule has 24 heteroatoms. The summed E-state index contributed by atoms with van der Waals surface area (Å²) in [6.45, 7) is 13.9. The van der Waals surface area contributed by atoms with E-state index >= 15 is 0 Å². The van der Waals surface area contributed by atoms with Crippen LogP contribution in [-0.2, 0) is 59.5 Å². The Labute approximate surface area is 462 Å². The predicted octanol–water partition coefficient (Wildman–Crippen LogP) is 5.34. The number of piperazine rings is 1. The number of ether oxygens (including phenoxy) is 4. The number of methoxy groups -OCH3 is 1. The van der Waals surface area contributed by atoms with E-state index in [1.165, 1.54) is 36.1 Å². The molecule has 22 nitrogen and oxygen atoms in total. The van der Waals surface area contributed by atoms with E-state index in [-0.39, 0.29) is 53.1 Å². The van der Waals surface area contributed by atoms with Gasteiger partial charge in [-0.25, -0.2) is 14.5 Å². The first-order valence-corrected chi connectivity index (χ1v) is 26.7. The minimum absolute atomic E-state index is 0.0414. The molecule has 4 aromatic heterocycles. The third-order valence-electron chi connectivity index (χ3n) is 13.6. The van der Waals surface area contributed by atoms with E-state index in [1.54, 1.807) is 51.8 Å². The first kappa shape index (κ1) is 57.3. The number of fused-ring (bicyclic) bond motifs is 2. The predicted molar refractivity (Wildman–Crippen MR) is 289 cm³/mol. The lowest BCUT2D eigenvalue weighted by Crippen LogP contribution is -2.52. The first-order valence-electron chi connectivity index (χ1n) is 26.0. The maximum absolute atomic E-state index is 13.1. The summed E-state index contributed by atoms with van der Waals surface area (Å²) in [6, 6.07) is 16.0. The van der Waals surface area contributed by atoms with Crippen LogP contribution in [-0.4, -0.2) is 170 Å². The number of amides is 5. The molecule has 6 aromatic rings. The van der Waals surface area contributed by atoms with Gasteiger partial charge in [-0.1, -0.05) is 60.5 Å². The fraction of sp³-hybridized carbons (Fsp3) is 0.444. The van der Waals surface area contributed by atoms with Crippen molar-refractivity contribution in [2.75, 3.05) is 85.2 Å². The van der Waals surface area contributed by atoms with Gasteiger partial charge in [0.05, 0.1) is 86.9 Å². The lowest BCUT2D eigenvalue weighted by atomic mass is 10.0. The number of nitrogens with one attached hydrogen (secondary N) is 2. The van der Waals surface area contributed by atoms with Crippen LogP contribution in [0.4, 0.5) is 5.69 Å². The lowest BCUT2D eigenvalue weighted by Gasteiger charge is -2.34. The van der Waals surface area contributed by atoms with E-state index in [4.69, 9.17) is 42.1 Å². The molecule has 0 unspecified atom stereocenters. The summed E-state index contributed by atoms with van der Waals surface area (Å²) in [5.74, 6) is -0.370. The molecule has 7 heterocycles. The number of hydrogen-bond acceptors (Lipinski definition) is 16. The monoisotopic (exact) mass is 1110 g/mol. The van der Waals surface area contributed by atoms with Crippen molar-refractivity contribution < 1.29 is 42.9 Å². The summed E-state index contributed by atoms with van der Waals surface area (Å²) in [5, 5.41) is 18.0. The highest BCUT2D eigenvalue weighted by molar-refractivity contribution is 6.32. The van der Waals surface area contributed by atoms with Gasteiger partial charge in [-0.15, -0.1) is 4.80 Å². The van der Waals surface area contributed by atoms with Gasteiger partial charge in [0.15, 0.2) is 16.6 Å². The second-order valence-electron chi connectivity index (χ2n) is 19.0. The molecule has 2 aromatic carbocycles. The van der Waals surface area contributed by atoms with Crippen molar-refractivity contribution in [3.8, 4) is 11.6 Å². The van der Waals surface area contributed by atoms with Gasteiger partial charge in [-0.2, -0.15) is 15.3 Å². The third-order valence-corrected chi connectivity index (χ3v) is 14.1. The maximum Gasteiger partial charge on any atom is 0.255 e. The number of nitrogens with zero attached hydrogens (tertiary/aromatic N) is 11. The summed E-state index contributed by atoms with van der Waals surface area (Å²) in [7, 11) is 3.23. The fourth-order valence-corrected chi connectivity index (χ4v) is 9.75. The summed E-state index contributed by atoms with van der Waals surface area (Å²) in [4.78, 5) is 80.5. The molecule has 3 aliphatic rings. The Morgan fingerprint density at radius 1 is 0.897 bits per heavy atom. The Balaban J connectivity index is 0.000000208. The Hall–Kier alpha value is -6.92. The zero-order valence-corrected chi connectivity index (χ0v) is 45.7. The van der Waals surface area contributed by atoms with Gasteiger partial charge in [0, 0.05) is 95.4 Å². The lowest BCUT2D eigenvalue weighted by molar-refractivity contribution is -0.137. The normalized spacial score (nSPS) is 16.2. The Morgan fingerprint density at radius 3 is 2.35 bits per heavy atom. The minimum atomic E-state index is -0.638. The Kier molecular flexibility index (Phi) is 20.3. The summed E-state index contributed by atoms with van der Waals surface area (Å²) in [5.41, 5.74) is 5.76. The molecule has 78 heavy (non-hydrogen) atoms. The van der Waals surface area contributed by atoms with Gasteiger partial charge >= 0.3 is 0 Å². The van der Waals surface area contributed by atoms with Crippen LogP contribution in [0.25, 0.3) is 11.5 Å². The largest absolute Gasteiger partial charge is 0.489 e. The van der Waals surface area contributed by atoms with Gasteiger partial charge in [0.1, 0.15) is 18.4 Å². The number of carbonyl (C=O) groups is 5. The number of hydrogen-bond donors (Lipinski definition) is 2. The van der Waals surface area contributed by atoms with Gasteiger partial charge in [0.25, 0.3) is 5.91 Å². The summed E-state index contributed by atoms with van der Waals surface area (Å²) in [6.07, 6.45) is 7.86. The molecule has 0 aliphatic carbocycles. The van der Waals surface area contributed by atoms with E-state index < -0.39 is 18.0 Å². The average Bonchev–Trinajstić information content (AvgIpc) is 4.27. The summed E-state index contributed by atoms with van der Waals surface area (Å²) >= 11 is 12.4. The zero-order valence-electron chi connectivity index (χ0n) is 44.2. The van der Waals surface area contributed by atoms with E-state index in [0.717, 1.165) is 70.0 Å². The quantitative estimate of drug-likeness (QED) is 0.0609. The maximum atomic E-state index is 13.1. The number of aromatic nitrogens is 7. The molecule has 2 N–H and O–H groups in total. The van der Waals surface area contributed by atoms with Crippen molar-refractivity contribution in [3.05, 3.63) is 123 Å². The topological polar surface area (TPSA) is 233 Å². The van der Waals surface area contributed by atoms with Crippen LogP contribution in [0.5, 0.6) is 5.75 Å². The number of benzene rings is 2. The van der Waals surface area contributed by atoms with Gasteiger partial charge in [-0.05, 0) is 49.1 Å². The van der Waals surface area contributed by atoms with E-state index in [0.29, 0.717) is 79.1 Å². The highest BCUT2D eigenvalue weighted by Gasteiger charge is 2.40. The number of piperidine rings is 1. The molecule has 9 rings (SSSR count). The Morgan fingerprint density at radius 2 is 1.63 bits per heavy atom. The van der Waals surface area contributed by atoms with Crippen molar-refractivity contribution in [3.63, 3.8) is 0 Å². The standard InChI is InChI=1S/C32H42N4O6.C22H23Cl2N9O3/c1-2-17-40-19-20-41-18-16-34-12-14-35(15-13-34)21-24-6-8-25(9-7-24)23-42-29-5-3-4-26-27(29)22-36(32(26)39)28-10-11-30(37)33-31(28)38;1-13(31(2)20(35)4-7-36-3)21-14(11-25-18-10-17(24)30-32(18)21)8-19(34)29-15-9-16(23)22(26-12-15)33-27-5-6-28-33/h3-9,28H,2,10-23H2,1H3,(H,33,37,38);5-6,9-13H,4,7-8H2,1-3H3,(H,29,34)/t28-;13-/m00/s1. The van der Waals surface area contributed by atoms with Crippen LogP contribution in [0, 0.1) is 0 Å². The van der Waals surface area contributed by atoms with Crippen LogP contribution in [0.1, 0.15) is 83.9 Å². The smallest absolute Gasteiger partial charge is 0.255 e. The van der Waals surface area contributed by atoms with E-state index in [2.05, 4.69) is 76.9 Å². The number of pyridine rings is 1. The molecule has 2 fully saturated rings. The Bertz CT molecular complexity index is 3030. The average molecular weight is 1110 g/mol. The van der Waals surface area contributed by atoms with Gasteiger partial charge in [0.2, 0.25) is 23.6 Å². The molecule has 0 saturated carbocycles. The number of rotatable bonds is 23. The molecule has 2 atom stereocenters. The van der Waals surface area contributed by atoms with Crippen molar-refractivity contribution >= 4 is 64.1 Å². The zero-order chi connectivity index (χ0) is 55.1. The second-order valence-corrected chi connectivity index (χ2v) is 19.8. The van der Waals surface area contributed by atoms with Crippen LogP contribution in [0.15, 0.2) is 79.4 Å². The molecule has 3 aliphatic heterocycles. The second kappa shape index (κ2) is 27.6. The molecular formula is C54H65Cl2N13O9. The fourth-order valence-electron chi connectivity index (χ4n) is 9.34. The molecule has 2 saturated heterocycles. The van der Waals surface area contributed by atoms with Crippen LogP contribution >= 0.6 is 23.2 Å². The van der Waals surface area contributed by atoms with Gasteiger partial charge in [-0.3, -0.25) is 39.1 Å². The molecular weight excluding hydrogens is 1050 g/mol. The molecule has 5 amide bonds. The SMILES string of the molecule is CCCOCCOCCN1CCN(Cc2ccc(COc3cccc4c3CN([C@H]3CCC(=O)NC3=O)C4=O)cc2)CC1.COCCC(=O)N(C)[C@@H](C)c1c(CC(=O)Nc2cnc(-n3nccn3)c(Cl)c2)cnc2cc(Cl)nn12. The highest BCUT2D eigenvalue weighted by Crippen LogP contribution is 2.34. The number of anilines is 1. The molecule has 0 bridgehead atoms. The van der Waals surface area contributed by atoms with Crippen LogP contribution in [0.3, 0.4) is 0 Å². The summed E-state index contributed by atoms with van der Waals surface area (Å²) < 4.78 is 23.9. The molecule has 414 valence electrons. The number of carbonyl (C=O) groups excluding carboxylic acids is 5. The first-order chi connectivity index (χ1) is 37.8. The van der Waals surface area contributed by atoms with Gasteiger partial charge < -0.3 is 34.1 Å². The van der Waals surface area contributed by atoms with Crippen LogP contribution in [0.2, 0.25) is 10.2 Å².